The summed E-state index contributed by atoms with van der Waals surface area (Å²) in [5, 5.41) is 0. The van der Waals surface area contributed by atoms with E-state index in [2.05, 4.69) is 25.8 Å². The summed E-state index contributed by atoms with van der Waals surface area (Å²) in [6.07, 6.45) is 1.84. The Labute approximate surface area is 91.7 Å². The average Bonchev–Trinajstić information content (AvgIpc) is 2.00. The van der Waals surface area contributed by atoms with E-state index >= 15 is 0 Å². The second-order valence-electron chi connectivity index (χ2n) is 5.58. The molecule has 1 heterocycles. The first kappa shape index (κ1) is 12.2. The van der Waals surface area contributed by atoms with Crippen LogP contribution in [0.4, 0.5) is 4.39 Å². The molecule has 0 saturated heterocycles. The van der Waals surface area contributed by atoms with Crippen LogP contribution in [0.25, 0.3) is 0 Å². The van der Waals surface area contributed by atoms with Crippen molar-refractivity contribution in [3.63, 3.8) is 0 Å². The summed E-state index contributed by atoms with van der Waals surface area (Å²) in [6, 6.07) is 1.93. The molecule has 0 aliphatic heterocycles. The summed E-state index contributed by atoms with van der Waals surface area (Å²) < 4.78 is 13.9. The maximum absolute atomic E-state index is 13.9. The van der Waals surface area contributed by atoms with Gasteiger partial charge in [0, 0.05) is 17.5 Å². The number of halogens is 1. The summed E-state index contributed by atoms with van der Waals surface area (Å²) in [5.41, 5.74) is 1.23. The van der Waals surface area contributed by atoms with Crippen LogP contribution in [0, 0.1) is 6.92 Å². The maximum Gasteiger partial charge on any atom is 0.132 e. The topological polar surface area (TPSA) is 12.9 Å². The Hall–Kier alpha value is -0.920. The summed E-state index contributed by atoms with van der Waals surface area (Å²) in [6.45, 7) is 11.3. The zero-order valence-electron chi connectivity index (χ0n) is 10.5. The molecule has 0 aromatic carbocycles. The van der Waals surface area contributed by atoms with E-state index in [4.69, 9.17) is 0 Å². The smallest absolute Gasteiger partial charge is 0.132 e. The molecule has 0 unspecified atom stereocenters. The fourth-order valence-corrected chi connectivity index (χ4v) is 1.55. The van der Waals surface area contributed by atoms with Crippen LogP contribution in [0.1, 0.15) is 51.4 Å². The van der Waals surface area contributed by atoms with E-state index in [1.807, 2.05) is 19.2 Å². The highest BCUT2D eigenvalue weighted by atomic mass is 19.1. The standard InChI is InChI=1S/C13H20FN/c1-9-11(13(5,6)14)7-10(8-15-9)12(2,3)4/h7-8H,1-6H3. The molecule has 0 aliphatic rings. The summed E-state index contributed by atoms with van der Waals surface area (Å²) in [7, 11) is 0. The minimum atomic E-state index is -1.32. The third kappa shape index (κ3) is 2.77. The molecule has 0 fully saturated rings. The van der Waals surface area contributed by atoms with E-state index in [-0.39, 0.29) is 5.41 Å². The zero-order chi connectivity index (χ0) is 11.9. The van der Waals surface area contributed by atoms with E-state index in [0.717, 1.165) is 11.3 Å². The highest BCUT2D eigenvalue weighted by Crippen LogP contribution is 2.30. The van der Waals surface area contributed by atoms with Crippen LogP contribution in [-0.4, -0.2) is 4.98 Å². The number of nitrogens with zero attached hydrogens (tertiary/aromatic N) is 1. The minimum absolute atomic E-state index is 0.0146. The third-order valence-corrected chi connectivity index (χ3v) is 2.59. The highest BCUT2D eigenvalue weighted by molar-refractivity contribution is 5.32. The quantitative estimate of drug-likeness (QED) is 0.683. The Morgan fingerprint density at radius 3 is 2.07 bits per heavy atom. The number of hydrogen-bond acceptors (Lipinski definition) is 1. The van der Waals surface area contributed by atoms with Gasteiger partial charge in [0.15, 0.2) is 0 Å². The van der Waals surface area contributed by atoms with Crippen molar-refractivity contribution in [2.45, 2.75) is 52.6 Å². The van der Waals surface area contributed by atoms with E-state index < -0.39 is 5.67 Å². The van der Waals surface area contributed by atoms with Gasteiger partial charge >= 0.3 is 0 Å². The van der Waals surface area contributed by atoms with Crippen LogP contribution in [0.2, 0.25) is 0 Å². The fraction of sp³-hybridized carbons (Fsp3) is 0.615. The van der Waals surface area contributed by atoms with E-state index in [9.17, 15) is 4.39 Å². The van der Waals surface area contributed by atoms with Gasteiger partial charge in [-0.3, -0.25) is 4.98 Å². The molecule has 0 amide bonds. The Morgan fingerprint density at radius 1 is 1.13 bits per heavy atom. The van der Waals surface area contributed by atoms with Gasteiger partial charge in [-0.25, -0.2) is 4.39 Å². The number of aromatic nitrogens is 1. The van der Waals surface area contributed by atoms with Crippen molar-refractivity contribution >= 4 is 0 Å². The van der Waals surface area contributed by atoms with Crippen molar-refractivity contribution in [2.24, 2.45) is 0 Å². The van der Waals surface area contributed by atoms with Gasteiger partial charge in [-0.2, -0.15) is 0 Å². The van der Waals surface area contributed by atoms with E-state index in [0.29, 0.717) is 5.56 Å². The molecular formula is C13H20FN. The third-order valence-electron chi connectivity index (χ3n) is 2.59. The lowest BCUT2D eigenvalue weighted by molar-refractivity contribution is 0.219. The van der Waals surface area contributed by atoms with E-state index in [1.165, 1.54) is 0 Å². The van der Waals surface area contributed by atoms with Crippen LogP contribution < -0.4 is 0 Å². The first-order valence-electron chi connectivity index (χ1n) is 5.29. The highest BCUT2D eigenvalue weighted by Gasteiger charge is 2.24. The maximum atomic E-state index is 13.9. The van der Waals surface area contributed by atoms with Crippen molar-refractivity contribution in [3.8, 4) is 0 Å². The SMILES string of the molecule is Cc1ncc(C(C)(C)C)cc1C(C)(C)F. The Balaban J connectivity index is 3.30. The van der Waals surface area contributed by atoms with Gasteiger partial charge in [0.2, 0.25) is 0 Å². The van der Waals surface area contributed by atoms with Crippen LogP contribution in [0.3, 0.4) is 0 Å². The number of aryl methyl sites for hydroxylation is 1. The zero-order valence-corrected chi connectivity index (χ0v) is 10.5. The van der Waals surface area contributed by atoms with Gasteiger partial charge in [0.05, 0.1) is 0 Å². The minimum Gasteiger partial charge on any atom is -0.261 e. The fourth-order valence-electron chi connectivity index (χ4n) is 1.55. The van der Waals surface area contributed by atoms with Gasteiger partial charge in [-0.15, -0.1) is 0 Å². The van der Waals surface area contributed by atoms with Crippen LogP contribution in [0.5, 0.6) is 0 Å². The number of pyridine rings is 1. The molecule has 1 aromatic rings. The molecule has 0 atom stereocenters. The van der Waals surface area contributed by atoms with Gasteiger partial charge in [0.1, 0.15) is 5.67 Å². The van der Waals surface area contributed by atoms with Crippen molar-refractivity contribution in [1.82, 2.24) is 4.98 Å². The van der Waals surface area contributed by atoms with Gasteiger partial charge < -0.3 is 0 Å². The summed E-state index contributed by atoms with van der Waals surface area (Å²) >= 11 is 0. The number of alkyl halides is 1. The summed E-state index contributed by atoms with van der Waals surface area (Å²) in [4.78, 5) is 4.27. The predicted molar refractivity (Wildman–Crippen MR) is 61.8 cm³/mol. The normalized spacial score (nSPS) is 13.0. The second kappa shape index (κ2) is 3.58. The van der Waals surface area contributed by atoms with Crippen LogP contribution in [0.15, 0.2) is 12.3 Å². The van der Waals surface area contributed by atoms with Gasteiger partial charge in [0.25, 0.3) is 0 Å². The van der Waals surface area contributed by atoms with Gasteiger partial charge in [-0.05, 0) is 37.8 Å². The van der Waals surface area contributed by atoms with Crippen LogP contribution in [-0.2, 0) is 11.1 Å². The first-order valence-corrected chi connectivity index (χ1v) is 5.29. The molecule has 1 aromatic heterocycles. The predicted octanol–water partition coefficient (Wildman–Crippen LogP) is 3.89. The molecule has 0 N–H and O–H groups in total. The lowest BCUT2D eigenvalue weighted by atomic mass is 9.85. The summed E-state index contributed by atoms with van der Waals surface area (Å²) in [5.74, 6) is 0. The molecule has 2 heteroatoms. The van der Waals surface area contributed by atoms with Crippen LogP contribution >= 0.6 is 0 Å². The molecule has 0 radical (unpaired) electrons. The molecule has 1 rings (SSSR count). The molecule has 84 valence electrons. The molecule has 0 bridgehead atoms. The lowest BCUT2D eigenvalue weighted by Gasteiger charge is -2.23. The molecule has 0 saturated carbocycles. The lowest BCUT2D eigenvalue weighted by Crippen LogP contribution is -2.17. The molecule has 0 spiro atoms. The van der Waals surface area contributed by atoms with Crippen molar-refractivity contribution in [1.29, 1.82) is 0 Å². The first-order chi connectivity index (χ1) is 6.62. The largest absolute Gasteiger partial charge is 0.261 e. The van der Waals surface area contributed by atoms with Crippen molar-refractivity contribution in [2.75, 3.05) is 0 Å². The van der Waals surface area contributed by atoms with Crippen molar-refractivity contribution in [3.05, 3.63) is 29.1 Å². The Kier molecular flexibility index (Phi) is 2.90. The monoisotopic (exact) mass is 209 g/mol. The Morgan fingerprint density at radius 2 is 1.67 bits per heavy atom. The molecular weight excluding hydrogens is 189 g/mol. The molecule has 0 aliphatic carbocycles. The van der Waals surface area contributed by atoms with E-state index in [1.54, 1.807) is 13.8 Å². The number of hydrogen-bond donors (Lipinski definition) is 0. The molecule has 1 nitrogen and oxygen atoms in total. The second-order valence-corrected chi connectivity index (χ2v) is 5.58. The van der Waals surface area contributed by atoms with Gasteiger partial charge in [-0.1, -0.05) is 20.8 Å². The van der Waals surface area contributed by atoms with Crippen molar-refractivity contribution < 1.29 is 4.39 Å². The number of rotatable bonds is 1. The average molecular weight is 209 g/mol. The molecule has 15 heavy (non-hydrogen) atoms. The Bertz CT molecular complexity index is 356.